The highest BCUT2D eigenvalue weighted by Gasteiger charge is 2.34. The number of alkyl halides is 3. The number of hydrogen-bond acceptors (Lipinski definition) is 2. The lowest BCUT2D eigenvalue weighted by Crippen LogP contribution is -2.07. The summed E-state index contributed by atoms with van der Waals surface area (Å²) in [7, 11) is 0. The van der Waals surface area contributed by atoms with Crippen LogP contribution in [0.15, 0.2) is 22.9 Å². The van der Waals surface area contributed by atoms with Crippen LogP contribution in [0.5, 0.6) is 0 Å². The van der Waals surface area contributed by atoms with Crippen LogP contribution in [0.2, 0.25) is 5.15 Å². The predicted octanol–water partition coefficient (Wildman–Crippen LogP) is 4.06. The van der Waals surface area contributed by atoms with Gasteiger partial charge in [0.25, 0.3) is 0 Å². The van der Waals surface area contributed by atoms with E-state index in [-0.39, 0.29) is 20.5 Å². The lowest BCUT2D eigenvalue weighted by Gasteiger charge is -2.10. The molecule has 0 saturated heterocycles. The van der Waals surface area contributed by atoms with Crippen LogP contribution in [0.3, 0.4) is 0 Å². The Balaban J connectivity index is 2.89. The average molecular weight is 311 g/mol. The van der Waals surface area contributed by atoms with Crippen LogP contribution in [0, 0.1) is 0 Å². The Hall–Kier alpha value is -0.880. The molecule has 2 aromatic rings. The highest BCUT2D eigenvalue weighted by Crippen LogP contribution is 2.37. The highest BCUT2D eigenvalue weighted by atomic mass is 79.9. The minimum Gasteiger partial charge on any atom is -0.236 e. The zero-order chi connectivity index (χ0) is 11.9. The first-order chi connectivity index (χ1) is 7.39. The van der Waals surface area contributed by atoms with Crippen LogP contribution < -0.4 is 0 Å². The van der Waals surface area contributed by atoms with Gasteiger partial charge in [0.15, 0.2) is 0 Å². The zero-order valence-electron chi connectivity index (χ0n) is 7.52. The third-order valence-electron chi connectivity index (χ3n) is 1.96. The summed E-state index contributed by atoms with van der Waals surface area (Å²) in [5, 5.41) is 0.169. The van der Waals surface area contributed by atoms with Crippen molar-refractivity contribution in [2.75, 3.05) is 0 Å². The Bertz CT molecular complexity index is 556. The standard InChI is InChI=1S/C9H3BrClF3N2/c10-4-1-5-7(15-3-16-8(5)11)6(2-4)9(12,13)14/h1-3H. The topological polar surface area (TPSA) is 25.8 Å². The van der Waals surface area contributed by atoms with Crippen LogP contribution in [0.1, 0.15) is 5.56 Å². The van der Waals surface area contributed by atoms with Crippen molar-refractivity contribution in [1.82, 2.24) is 9.97 Å². The Morgan fingerprint density at radius 2 is 1.88 bits per heavy atom. The van der Waals surface area contributed by atoms with Crippen LogP contribution in [-0.2, 0) is 6.18 Å². The van der Waals surface area contributed by atoms with Gasteiger partial charge in [-0.3, -0.25) is 0 Å². The Kier molecular flexibility index (Phi) is 2.79. The maximum absolute atomic E-state index is 12.7. The molecule has 2 rings (SSSR count). The van der Waals surface area contributed by atoms with E-state index >= 15 is 0 Å². The number of rotatable bonds is 0. The second-order valence-corrected chi connectivity index (χ2v) is 4.29. The lowest BCUT2D eigenvalue weighted by molar-refractivity contribution is -0.136. The number of aromatic nitrogens is 2. The molecule has 0 unspecified atom stereocenters. The van der Waals surface area contributed by atoms with Gasteiger partial charge in [0.05, 0.1) is 11.1 Å². The number of hydrogen-bond donors (Lipinski definition) is 0. The van der Waals surface area contributed by atoms with Gasteiger partial charge in [-0.1, -0.05) is 27.5 Å². The van der Waals surface area contributed by atoms with Crippen molar-refractivity contribution in [3.05, 3.63) is 33.6 Å². The zero-order valence-corrected chi connectivity index (χ0v) is 9.86. The van der Waals surface area contributed by atoms with Gasteiger partial charge in [-0.15, -0.1) is 0 Å². The molecule has 0 aliphatic rings. The molecule has 0 aliphatic carbocycles. The summed E-state index contributed by atoms with van der Waals surface area (Å²) < 4.78 is 38.4. The quantitative estimate of drug-likeness (QED) is 0.686. The third kappa shape index (κ3) is 1.99. The van der Waals surface area contributed by atoms with E-state index in [9.17, 15) is 13.2 Å². The fourth-order valence-corrected chi connectivity index (χ4v) is 1.96. The Morgan fingerprint density at radius 3 is 2.50 bits per heavy atom. The van der Waals surface area contributed by atoms with Crippen molar-refractivity contribution in [3.63, 3.8) is 0 Å². The average Bonchev–Trinajstić information content (AvgIpc) is 2.17. The van der Waals surface area contributed by atoms with E-state index in [2.05, 4.69) is 25.9 Å². The van der Waals surface area contributed by atoms with Crippen molar-refractivity contribution >= 4 is 38.4 Å². The van der Waals surface area contributed by atoms with Crippen molar-refractivity contribution in [1.29, 1.82) is 0 Å². The van der Waals surface area contributed by atoms with Gasteiger partial charge in [0.2, 0.25) is 0 Å². The maximum atomic E-state index is 12.7. The predicted molar refractivity (Wildman–Crippen MR) is 57.2 cm³/mol. The molecule has 0 saturated carbocycles. The smallest absolute Gasteiger partial charge is 0.236 e. The van der Waals surface area contributed by atoms with E-state index in [1.54, 1.807) is 0 Å². The number of halogens is 5. The van der Waals surface area contributed by atoms with E-state index < -0.39 is 11.7 Å². The van der Waals surface area contributed by atoms with Crippen molar-refractivity contribution in [3.8, 4) is 0 Å². The van der Waals surface area contributed by atoms with Gasteiger partial charge < -0.3 is 0 Å². The molecule has 0 bridgehead atoms. The first-order valence-corrected chi connectivity index (χ1v) is 5.23. The molecule has 0 amide bonds. The summed E-state index contributed by atoms with van der Waals surface area (Å²) in [5.41, 5.74) is -1.03. The summed E-state index contributed by atoms with van der Waals surface area (Å²) in [6.07, 6.45) is -3.46. The van der Waals surface area contributed by atoms with Crippen molar-refractivity contribution in [2.45, 2.75) is 6.18 Å². The molecule has 84 valence electrons. The van der Waals surface area contributed by atoms with Gasteiger partial charge in [-0.2, -0.15) is 13.2 Å². The van der Waals surface area contributed by atoms with E-state index in [0.717, 1.165) is 12.4 Å². The highest BCUT2D eigenvalue weighted by molar-refractivity contribution is 9.10. The van der Waals surface area contributed by atoms with Crippen LogP contribution in [0.25, 0.3) is 10.9 Å². The molecule has 16 heavy (non-hydrogen) atoms. The van der Waals surface area contributed by atoms with Gasteiger partial charge in [0, 0.05) is 9.86 Å². The number of nitrogens with zero attached hydrogens (tertiary/aromatic N) is 2. The molecule has 1 heterocycles. The van der Waals surface area contributed by atoms with Crippen molar-refractivity contribution in [2.24, 2.45) is 0 Å². The molecule has 0 atom stereocenters. The molecule has 7 heteroatoms. The molecule has 2 nitrogen and oxygen atoms in total. The molecule has 0 N–H and O–H groups in total. The third-order valence-corrected chi connectivity index (χ3v) is 2.72. The maximum Gasteiger partial charge on any atom is 0.418 e. The molecule has 1 aromatic carbocycles. The molecule has 0 aliphatic heterocycles. The monoisotopic (exact) mass is 310 g/mol. The molecule has 0 fully saturated rings. The Morgan fingerprint density at radius 1 is 1.19 bits per heavy atom. The van der Waals surface area contributed by atoms with Gasteiger partial charge in [-0.05, 0) is 12.1 Å². The Labute approximate surface area is 102 Å². The van der Waals surface area contributed by atoms with Gasteiger partial charge in [-0.25, -0.2) is 9.97 Å². The second-order valence-electron chi connectivity index (χ2n) is 3.01. The van der Waals surface area contributed by atoms with E-state index in [4.69, 9.17) is 11.6 Å². The van der Waals surface area contributed by atoms with Crippen molar-refractivity contribution < 1.29 is 13.2 Å². The molecule has 1 aromatic heterocycles. The molecular formula is C9H3BrClF3N2. The van der Waals surface area contributed by atoms with Crippen LogP contribution in [0.4, 0.5) is 13.2 Å². The van der Waals surface area contributed by atoms with Gasteiger partial charge in [0.1, 0.15) is 11.5 Å². The van der Waals surface area contributed by atoms with Crippen LogP contribution >= 0.6 is 27.5 Å². The normalized spacial score (nSPS) is 12.1. The molecular weight excluding hydrogens is 308 g/mol. The van der Waals surface area contributed by atoms with Crippen LogP contribution in [-0.4, -0.2) is 9.97 Å². The summed E-state index contributed by atoms with van der Waals surface area (Å²) >= 11 is 8.71. The number of fused-ring (bicyclic) bond motifs is 1. The largest absolute Gasteiger partial charge is 0.418 e. The van der Waals surface area contributed by atoms with E-state index in [1.807, 2.05) is 0 Å². The van der Waals surface area contributed by atoms with Gasteiger partial charge >= 0.3 is 6.18 Å². The minimum absolute atomic E-state index is 0.00296. The summed E-state index contributed by atoms with van der Waals surface area (Å²) in [4.78, 5) is 7.25. The summed E-state index contributed by atoms with van der Waals surface area (Å²) in [6.45, 7) is 0. The fraction of sp³-hybridized carbons (Fsp3) is 0.111. The number of benzene rings is 1. The summed E-state index contributed by atoms with van der Waals surface area (Å²) in [5.74, 6) is 0. The fourth-order valence-electron chi connectivity index (χ4n) is 1.32. The molecule has 0 radical (unpaired) electrons. The first-order valence-electron chi connectivity index (χ1n) is 4.06. The lowest BCUT2D eigenvalue weighted by atomic mass is 10.1. The minimum atomic E-state index is -4.47. The SMILES string of the molecule is FC(F)(F)c1cc(Br)cc2c(Cl)ncnc12. The van der Waals surface area contributed by atoms with E-state index in [1.165, 1.54) is 6.07 Å². The van der Waals surface area contributed by atoms with E-state index in [0.29, 0.717) is 0 Å². The molecule has 0 spiro atoms. The second kappa shape index (κ2) is 3.85. The summed E-state index contributed by atoms with van der Waals surface area (Å²) in [6, 6.07) is 2.42. The first kappa shape index (κ1) is 11.6.